The lowest BCUT2D eigenvalue weighted by atomic mass is 9.88. The Labute approximate surface area is 138 Å². The van der Waals surface area contributed by atoms with Crippen LogP contribution in [0.1, 0.15) is 35.0 Å². The van der Waals surface area contributed by atoms with E-state index in [2.05, 4.69) is 34.1 Å². The lowest BCUT2D eigenvalue weighted by Crippen LogP contribution is -2.20. The summed E-state index contributed by atoms with van der Waals surface area (Å²) in [6.07, 6.45) is 3.20. The lowest BCUT2D eigenvalue weighted by molar-refractivity contribution is 0.0951. The minimum Gasteiger partial charge on any atom is -0.294 e. The Balaban J connectivity index is 1.62. The first-order chi connectivity index (χ1) is 11.2. The van der Waals surface area contributed by atoms with Crippen molar-refractivity contribution in [3.05, 3.63) is 53.3 Å². The van der Waals surface area contributed by atoms with Gasteiger partial charge in [-0.05, 0) is 17.9 Å². The molecule has 5 nitrogen and oxygen atoms in total. The molecule has 1 aliphatic carbocycles. The van der Waals surface area contributed by atoms with E-state index in [1.165, 1.54) is 5.56 Å². The van der Waals surface area contributed by atoms with Crippen LogP contribution in [0, 0.1) is 5.92 Å². The molecule has 0 fully saturated rings. The van der Waals surface area contributed by atoms with Crippen LogP contribution in [0.15, 0.2) is 41.7 Å². The third-order valence-corrected chi connectivity index (χ3v) is 4.89. The Bertz CT molecular complexity index is 875. The maximum atomic E-state index is 12.2. The van der Waals surface area contributed by atoms with Gasteiger partial charge >= 0.3 is 0 Å². The average molecular weight is 324 g/mol. The van der Waals surface area contributed by atoms with E-state index in [4.69, 9.17) is 0 Å². The van der Waals surface area contributed by atoms with Crippen LogP contribution in [-0.4, -0.2) is 25.4 Å². The zero-order valence-electron chi connectivity index (χ0n) is 12.8. The third kappa shape index (κ3) is 2.86. The van der Waals surface area contributed by atoms with E-state index in [0.29, 0.717) is 28.8 Å². The number of carbonyl (C=O) groups is 1. The van der Waals surface area contributed by atoms with Crippen molar-refractivity contribution in [1.82, 2.24) is 19.6 Å². The fraction of sp³-hybridized carbons (Fsp3) is 0.294. The molecule has 1 aromatic carbocycles. The summed E-state index contributed by atoms with van der Waals surface area (Å²) in [7, 11) is 0. The van der Waals surface area contributed by atoms with Gasteiger partial charge in [-0.1, -0.05) is 49.0 Å². The summed E-state index contributed by atoms with van der Waals surface area (Å²) in [5, 5.41) is 5.13. The van der Waals surface area contributed by atoms with Crippen LogP contribution in [0.2, 0.25) is 0 Å². The normalized spacial score (nSPS) is 17.4. The van der Waals surface area contributed by atoms with Gasteiger partial charge in [0, 0.05) is 18.4 Å². The van der Waals surface area contributed by atoms with Gasteiger partial charge in [-0.3, -0.25) is 4.79 Å². The first kappa shape index (κ1) is 14.4. The molecule has 2 aromatic heterocycles. The van der Waals surface area contributed by atoms with Crippen molar-refractivity contribution in [2.45, 2.75) is 30.7 Å². The number of fused-ring (bicyclic) bond motifs is 2. The zero-order chi connectivity index (χ0) is 15.8. The van der Waals surface area contributed by atoms with Gasteiger partial charge in [0.2, 0.25) is 5.16 Å². The maximum Gasteiger partial charge on any atom is 0.253 e. The zero-order valence-corrected chi connectivity index (χ0v) is 13.6. The molecule has 1 aliphatic rings. The summed E-state index contributed by atoms with van der Waals surface area (Å²) in [5.74, 6) is 1.89. The van der Waals surface area contributed by atoms with Crippen molar-refractivity contribution in [3.63, 3.8) is 0 Å². The van der Waals surface area contributed by atoms with E-state index >= 15 is 0 Å². The second kappa shape index (κ2) is 5.77. The first-order valence-electron chi connectivity index (χ1n) is 7.65. The molecule has 0 saturated carbocycles. The number of rotatable bonds is 3. The molecule has 116 valence electrons. The van der Waals surface area contributed by atoms with E-state index < -0.39 is 0 Å². The highest BCUT2D eigenvalue weighted by atomic mass is 32.2. The third-order valence-electron chi connectivity index (χ3n) is 3.98. The molecule has 23 heavy (non-hydrogen) atoms. The molecule has 0 saturated heterocycles. The van der Waals surface area contributed by atoms with Gasteiger partial charge in [0.25, 0.3) is 5.78 Å². The number of Topliss-reactive ketones (excluding diaryl/α,β-unsaturated/α-hetero) is 1. The number of carbonyl (C=O) groups excluding carboxylic acids is 1. The van der Waals surface area contributed by atoms with Crippen molar-refractivity contribution in [3.8, 4) is 0 Å². The molecule has 2 heterocycles. The van der Waals surface area contributed by atoms with Crippen LogP contribution in [0.4, 0.5) is 0 Å². The Morgan fingerprint density at radius 2 is 2.04 bits per heavy atom. The SMILES string of the molecule is CC1CC(=O)c2cn3nc(SCc4ccccc4)nc3nc2C1. The van der Waals surface area contributed by atoms with Crippen LogP contribution < -0.4 is 0 Å². The monoisotopic (exact) mass is 324 g/mol. The van der Waals surface area contributed by atoms with Crippen molar-refractivity contribution < 1.29 is 4.79 Å². The topological polar surface area (TPSA) is 60.2 Å². The van der Waals surface area contributed by atoms with E-state index in [1.54, 1.807) is 22.5 Å². The van der Waals surface area contributed by atoms with Crippen molar-refractivity contribution in [2.75, 3.05) is 0 Å². The number of ketones is 1. The molecular weight excluding hydrogens is 308 g/mol. The molecule has 3 aromatic rings. The number of nitrogens with zero attached hydrogens (tertiary/aromatic N) is 4. The van der Waals surface area contributed by atoms with Crippen LogP contribution in [-0.2, 0) is 12.2 Å². The molecule has 6 heteroatoms. The molecule has 1 atom stereocenters. The number of hydrogen-bond acceptors (Lipinski definition) is 5. The van der Waals surface area contributed by atoms with Gasteiger partial charge < -0.3 is 0 Å². The minimum absolute atomic E-state index is 0.155. The van der Waals surface area contributed by atoms with Crippen molar-refractivity contribution >= 4 is 23.3 Å². The second-order valence-corrected chi connectivity index (χ2v) is 6.89. The highest BCUT2D eigenvalue weighted by molar-refractivity contribution is 7.98. The van der Waals surface area contributed by atoms with Gasteiger partial charge in [0.15, 0.2) is 5.78 Å². The Hall–Kier alpha value is -2.21. The average Bonchev–Trinajstić information content (AvgIpc) is 2.94. The van der Waals surface area contributed by atoms with Gasteiger partial charge in [-0.2, -0.15) is 4.98 Å². The predicted molar refractivity (Wildman–Crippen MR) is 88.6 cm³/mol. The van der Waals surface area contributed by atoms with Gasteiger partial charge in [-0.15, -0.1) is 5.10 Å². The number of aromatic nitrogens is 4. The molecule has 0 bridgehead atoms. The fourth-order valence-corrected chi connectivity index (χ4v) is 3.62. The van der Waals surface area contributed by atoms with Crippen molar-refractivity contribution in [2.24, 2.45) is 5.92 Å². The van der Waals surface area contributed by atoms with Crippen LogP contribution in [0.25, 0.3) is 5.78 Å². The van der Waals surface area contributed by atoms with Gasteiger partial charge in [-0.25, -0.2) is 9.50 Å². The minimum atomic E-state index is 0.155. The van der Waals surface area contributed by atoms with Crippen molar-refractivity contribution in [1.29, 1.82) is 0 Å². The number of thioether (sulfide) groups is 1. The van der Waals surface area contributed by atoms with Gasteiger partial charge in [0.1, 0.15) is 0 Å². The smallest absolute Gasteiger partial charge is 0.253 e. The molecule has 1 unspecified atom stereocenters. The highest BCUT2D eigenvalue weighted by Crippen LogP contribution is 2.25. The van der Waals surface area contributed by atoms with Crippen LogP contribution >= 0.6 is 11.8 Å². The van der Waals surface area contributed by atoms with Crippen LogP contribution in [0.3, 0.4) is 0 Å². The summed E-state index contributed by atoms with van der Waals surface area (Å²) >= 11 is 1.58. The molecule has 0 aliphatic heterocycles. The Morgan fingerprint density at radius 3 is 2.87 bits per heavy atom. The van der Waals surface area contributed by atoms with E-state index in [9.17, 15) is 4.79 Å². The molecular formula is C17H16N4OS. The summed E-state index contributed by atoms with van der Waals surface area (Å²) in [4.78, 5) is 21.2. The quantitative estimate of drug-likeness (QED) is 0.693. The summed E-state index contributed by atoms with van der Waals surface area (Å²) in [5.41, 5.74) is 2.78. The molecule has 0 spiro atoms. The Morgan fingerprint density at radius 1 is 1.22 bits per heavy atom. The summed E-state index contributed by atoms with van der Waals surface area (Å²) in [6.45, 7) is 2.08. The fourth-order valence-electron chi connectivity index (χ4n) is 2.84. The summed E-state index contributed by atoms with van der Waals surface area (Å²) in [6, 6.07) is 10.2. The second-order valence-electron chi connectivity index (χ2n) is 5.95. The van der Waals surface area contributed by atoms with Crippen LogP contribution in [0.5, 0.6) is 0 Å². The first-order valence-corrected chi connectivity index (χ1v) is 8.64. The number of benzene rings is 1. The highest BCUT2D eigenvalue weighted by Gasteiger charge is 2.25. The maximum absolute atomic E-state index is 12.2. The number of hydrogen-bond donors (Lipinski definition) is 0. The van der Waals surface area contributed by atoms with E-state index in [1.807, 2.05) is 18.2 Å². The predicted octanol–water partition coefficient (Wildman–Crippen LogP) is 3.18. The Kier molecular flexibility index (Phi) is 3.61. The summed E-state index contributed by atoms with van der Waals surface area (Å²) < 4.78 is 1.63. The van der Waals surface area contributed by atoms with E-state index in [0.717, 1.165) is 17.9 Å². The molecule has 0 radical (unpaired) electrons. The molecule has 4 rings (SSSR count). The van der Waals surface area contributed by atoms with Gasteiger partial charge in [0.05, 0.1) is 11.3 Å². The molecule has 0 amide bonds. The largest absolute Gasteiger partial charge is 0.294 e. The molecule has 0 N–H and O–H groups in total. The van der Waals surface area contributed by atoms with E-state index in [-0.39, 0.29) is 5.78 Å². The standard InChI is InChI=1S/C17H16N4OS/c1-11-7-14-13(15(22)8-11)9-21-16(18-14)19-17(20-21)23-10-12-5-3-2-4-6-12/h2-6,9,11H,7-8,10H2,1H3. The lowest BCUT2D eigenvalue weighted by Gasteiger charge is -2.18.